The summed E-state index contributed by atoms with van der Waals surface area (Å²) in [5.74, 6) is -0.251. The second-order valence-electron chi connectivity index (χ2n) is 12.9. The van der Waals surface area contributed by atoms with Gasteiger partial charge < -0.3 is 23.7 Å². The van der Waals surface area contributed by atoms with E-state index in [4.69, 9.17) is 23.7 Å². The van der Waals surface area contributed by atoms with Crippen molar-refractivity contribution < 1.29 is 47.7 Å². The normalized spacial score (nSPS) is 20.3. The number of aldehydes is 1. The van der Waals surface area contributed by atoms with Crippen molar-refractivity contribution >= 4 is 30.2 Å². The van der Waals surface area contributed by atoms with Gasteiger partial charge in [0.05, 0.1) is 36.5 Å². The van der Waals surface area contributed by atoms with Crippen LogP contribution in [0.1, 0.15) is 101 Å². The van der Waals surface area contributed by atoms with Gasteiger partial charge in [-0.2, -0.15) is 0 Å². The molecule has 0 aromatic heterocycles. The van der Waals surface area contributed by atoms with Crippen LogP contribution in [0.4, 0.5) is 0 Å². The molecule has 10 nitrogen and oxygen atoms in total. The molecule has 2 saturated carbocycles. The molecule has 2 aromatic rings. The van der Waals surface area contributed by atoms with Gasteiger partial charge in [-0.25, -0.2) is 4.79 Å². The third-order valence-electron chi connectivity index (χ3n) is 9.45. The van der Waals surface area contributed by atoms with E-state index in [0.717, 1.165) is 63.9 Å². The molecule has 2 fully saturated rings. The fourth-order valence-corrected chi connectivity index (χ4v) is 6.32. The van der Waals surface area contributed by atoms with Gasteiger partial charge in [0.1, 0.15) is 23.0 Å². The van der Waals surface area contributed by atoms with Crippen molar-refractivity contribution in [1.29, 1.82) is 0 Å². The summed E-state index contributed by atoms with van der Waals surface area (Å²) in [6.07, 6.45) is 11.9. The van der Waals surface area contributed by atoms with Crippen LogP contribution in [0.2, 0.25) is 0 Å². The van der Waals surface area contributed by atoms with E-state index in [9.17, 15) is 24.0 Å². The van der Waals surface area contributed by atoms with Gasteiger partial charge in [-0.3, -0.25) is 19.2 Å². The van der Waals surface area contributed by atoms with Crippen LogP contribution >= 0.6 is 0 Å². The van der Waals surface area contributed by atoms with E-state index in [2.05, 4.69) is 13.5 Å². The minimum atomic E-state index is -0.425. The lowest BCUT2D eigenvalue weighted by Gasteiger charge is -2.26. The second kappa shape index (κ2) is 19.5. The fraction of sp³-hybridized carbons (Fsp3) is 0.513. The van der Waals surface area contributed by atoms with Crippen LogP contribution in [0.15, 0.2) is 55.1 Å². The highest BCUT2D eigenvalue weighted by Crippen LogP contribution is 2.34. The summed E-state index contributed by atoms with van der Waals surface area (Å²) in [5.41, 5.74) is 0.143. The molecule has 0 radical (unpaired) electrons. The summed E-state index contributed by atoms with van der Waals surface area (Å²) in [5, 5.41) is 0. The zero-order valence-electron chi connectivity index (χ0n) is 28.4. The lowest BCUT2D eigenvalue weighted by molar-refractivity contribution is -0.145. The Bertz CT molecular complexity index is 1420. The highest BCUT2D eigenvalue weighted by molar-refractivity contribution is 5.85. The van der Waals surface area contributed by atoms with Crippen molar-refractivity contribution in [2.24, 2.45) is 23.7 Å². The first-order chi connectivity index (χ1) is 23.8. The molecule has 4 rings (SSSR count). The summed E-state index contributed by atoms with van der Waals surface area (Å²) >= 11 is 0. The quantitative estimate of drug-likeness (QED) is 0.0542. The monoisotopic (exact) mass is 676 g/mol. The number of benzene rings is 2. The van der Waals surface area contributed by atoms with E-state index >= 15 is 0 Å². The first-order valence-corrected chi connectivity index (χ1v) is 17.6. The van der Waals surface area contributed by atoms with Crippen molar-refractivity contribution in [1.82, 2.24) is 0 Å². The molecule has 49 heavy (non-hydrogen) atoms. The van der Waals surface area contributed by atoms with Crippen LogP contribution in [-0.4, -0.2) is 43.4 Å². The topological polar surface area (TPSA) is 132 Å². The Morgan fingerprint density at radius 1 is 0.673 bits per heavy atom. The van der Waals surface area contributed by atoms with E-state index in [-0.39, 0.29) is 46.8 Å². The number of ether oxygens (including phenoxy) is 5. The van der Waals surface area contributed by atoms with Gasteiger partial charge in [-0.1, -0.05) is 19.9 Å². The minimum absolute atomic E-state index is 0.143. The lowest BCUT2D eigenvalue weighted by atomic mass is 9.81. The standard InChI is InChI=1S/C39H48O10/c1-3-27-9-11-28(12-10-27)39(44)49-35-22-21-34(25-31(35)26-40)48-38(43)30-15-13-29(14-16-30)37(42)47-33-19-17-32(18-20-33)45-23-7-5-6-8-24-46-36(41)4-2/h4,17-22,25-30H,2-3,5-16,23-24H2,1H3. The molecule has 0 unspecified atom stereocenters. The zero-order valence-corrected chi connectivity index (χ0v) is 28.4. The van der Waals surface area contributed by atoms with Gasteiger partial charge >= 0.3 is 23.9 Å². The molecular formula is C39H48O10. The third kappa shape index (κ3) is 11.9. The van der Waals surface area contributed by atoms with Crippen molar-refractivity contribution in [2.45, 2.75) is 90.4 Å². The van der Waals surface area contributed by atoms with Crippen LogP contribution in [0, 0.1) is 23.7 Å². The summed E-state index contributed by atoms with van der Waals surface area (Å²) in [4.78, 5) is 61.3. The Morgan fingerprint density at radius 3 is 1.76 bits per heavy atom. The van der Waals surface area contributed by atoms with Crippen molar-refractivity contribution in [3.05, 3.63) is 60.7 Å². The Hall–Kier alpha value is -4.47. The Balaban J connectivity index is 1.14. The van der Waals surface area contributed by atoms with Gasteiger partial charge in [0.15, 0.2) is 6.29 Å². The molecule has 0 aliphatic heterocycles. The number of hydrogen-bond donors (Lipinski definition) is 0. The molecule has 2 aliphatic carbocycles. The van der Waals surface area contributed by atoms with Crippen LogP contribution in [0.3, 0.4) is 0 Å². The average molecular weight is 677 g/mol. The largest absolute Gasteiger partial charge is 0.494 e. The zero-order chi connectivity index (χ0) is 35.0. The minimum Gasteiger partial charge on any atom is -0.494 e. The smallest absolute Gasteiger partial charge is 0.330 e. The molecule has 0 atom stereocenters. The average Bonchev–Trinajstić information content (AvgIpc) is 3.13. The van der Waals surface area contributed by atoms with Crippen molar-refractivity contribution in [2.75, 3.05) is 13.2 Å². The molecule has 10 heteroatoms. The molecule has 0 N–H and O–H groups in total. The van der Waals surface area contributed by atoms with Gasteiger partial charge in [-0.15, -0.1) is 0 Å². The molecule has 0 saturated heterocycles. The molecule has 264 valence electrons. The number of esters is 4. The Labute approximate surface area is 288 Å². The molecular weight excluding hydrogens is 628 g/mol. The fourth-order valence-electron chi connectivity index (χ4n) is 6.32. The summed E-state index contributed by atoms with van der Waals surface area (Å²) in [6, 6.07) is 11.3. The maximum absolute atomic E-state index is 12.9. The van der Waals surface area contributed by atoms with Crippen molar-refractivity contribution in [3.8, 4) is 23.0 Å². The highest BCUT2D eigenvalue weighted by atomic mass is 16.5. The first kappa shape index (κ1) is 37.4. The summed E-state index contributed by atoms with van der Waals surface area (Å²) < 4.78 is 27.5. The molecule has 0 bridgehead atoms. The molecule has 0 heterocycles. The number of hydrogen-bond acceptors (Lipinski definition) is 10. The summed E-state index contributed by atoms with van der Waals surface area (Å²) in [6.45, 7) is 6.47. The molecule has 0 spiro atoms. The molecule has 2 aliphatic rings. The number of carbonyl (C=O) groups excluding carboxylic acids is 5. The predicted octanol–water partition coefficient (Wildman–Crippen LogP) is 7.61. The van der Waals surface area contributed by atoms with E-state index in [1.807, 2.05) is 0 Å². The number of rotatable bonds is 17. The van der Waals surface area contributed by atoms with Gasteiger partial charge in [0, 0.05) is 6.08 Å². The second-order valence-corrected chi connectivity index (χ2v) is 12.9. The van der Waals surface area contributed by atoms with Gasteiger partial charge in [-0.05, 0) is 125 Å². The van der Waals surface area contributed by atoms with Crippen LogP contribution in [0.25, 0.3) is 0 Å². The van der Waals surface area contributed by atoms with Gasteiger partial charge in [0.2, 0.25) is 0 Å². The predicted molar refractivity (Wildman–Crippen MR) is 181 cm³/mol. The van der Waals surface area contributed by atoms with Crippen LogP contribution < -0.4 is 18.9 Å². The maximum Gasteiger partial charge on any atom is 0.330 e. The molecule has 0 amide bonds. The first-order valence-electron chi connectivity index (χ1n) is 17.6. The maximum atomic E-state index is 12.9. The Morgan fingerprint density at radius 2 is 1.18 bits per heavy atom. The highest BCUT2D eigenvalue weighted by Gasteiger charge is 2.32. The van der Waals surface area contributed by atoms with Crippen molar-refractivity contribution in [3.63, 3.8) is 0 Å². The number of unbranched alkanes of at least 4 members (excludes halogenated alkanes) is 3. The molecule has 2 aromatic carbocycles. The van der Waals surface area contributed by atoms with Crippen LogP contribution in [0.5, 0.6) is 23.0 Å². The lowest BCUT2D eigenvalue weighted by Crippen LogP contribution is -2.30. The van der Waals surface area contributed by atoms with Gasteiger partial charge in [0.25, 0.3) is 0 Å². The van der Waals surface area contributed by atoms with E-state index < -0.39 is 11.9 Å². The van der Waals surface area contributed by atoms with Crippen LogP contribution in [-0.2, 0) is 23.9 Å². The third-order valence-corrected chi connectivity index (χ3v) is 9.45. The van der Waals surface area contributed by atoms with E-state index in [1.54, 1.807) is 24.3 Å². The van der Waals surface area contributed by atoms with E-state index in [0.29, 0.717) is 62.6 Å². The Kier molecular flexibility index (Phi) is 14.9. The SMILES string of the molecule is C=CC(=O)OCCCCCCOc1ccc(OC(=O)C2CCC(C(=O)Oc3ccc(OC(=O)C4CCC(CC)CC4)c(C=O)c3)CC2)cc1. The number of carbonyl (C=O) groups is 5. The van der Waals surface area contributed by atoms with E-state index in [1.165, 1.54) is 18.2 Å². The summed E-state index contributed by atoms with van der Waals surface area (Å²) in [7, 11) is 0.